The Balaban J connectivity index is 1.25. The zero-order chi connectivity index (χ0) is 22.1. The molecule has 3 atom stereocenters. The van der Waals surface area contributed by atoms with Crippen molar-refractivity contribution in [3.8, 4) is 17.2 Å². The maximum absolute atomic E-state index is 14.3. The van der Waals surface area contributed by atoms with Crippen molar-refractivity contribution in [2.45, 2.75) is 43.9 Å². The van der Waals surface area contributed by atoms with Crippen LogP contribution in [0.3, 0.4) is 0 Å². The number of ether oxygens (including phenoxy) is 3. The summed E-state index contributed by atoms with van der Waals surface area (Å²) in [5.74, 6) is 2.35. The number of hydrogen-bond donors (Lipinski definition) is 1. The minimum Gasteiger partial charge on any atom is -0.497 e. The van der Waals surface area contributed by atoms with Gasteiger partial charge >= 0.3 is 0 Å². The molecule has 3 unspecified atom stereocenters. The molecule has 0 radical (unpaired) electrons. The maximum atomic E-state index is 14.3. The van der Waals surface area contributed by atoms with E-state index >= 15 is 0 Å². The Morgan fingerprint density at radius 3 is 2.66 bits per heavy atom. The molecular formula is C25H31FN2O4. The van der Waals surface area contributed by atoms with E-state index < -0.39 is 0 Å². The van der Waals surface area contributed by atoms with Crippen LogP contribution in [0.15, 0.2) is 36.4 Å². The van der Waals surface area contributed by atoms with Crippen LogP contribution in [0.1, 0.15) is 36.3 Å². The maximum Gasteiger partial charge on any atom is 0.231 e. The third kappa shape index (κ3) is 4.42. The molecule has 172 valence electrons. The van der Waals surface area contributed by atoms with E-state index in [4.69, 9.17) is 14.2 Å². The van der Waals surface area contributed by atoms with Gasteiger partial charge in [0.2, 0.25) is 6.79 Å². The second-order valence-corrected chi connectivity index (χ2v) is 9.02. The van der Waals surface area contributed by atoms with Crippen LogP contribution in [0.2, 0.25) is 0 Å². The summed E-state index contributed by atoms with van der Waals surface area (Å²) in [4.78, 5) is 4.86. The molecule has 0 amide bonds. The molecule has 2 aromatic rings. The van der Waals surface area contributed by atoms with Crippen LogP contribution in [0.5, 0.6) is 17.2 Å². The van der Waals surface area contributed by atoms with E-state index in [1.165, 1.54) is 11.6 Å². The molecule has 0 spiro atoms. The quantitative estimate of drug-likeness (QED) is 0.766. The monoisotopic (exact) mass is 442 g/mol. The molecule has 2 aliphatic heterocycles. The van der Waals surface area contributed by atoms with Gasteiger partial charge in [-0.25, -0.2) is 4.39 Å². The number of hydrogen-bond acceptors (Lipinski definition) is 6. The van der Waals surface area contributed by atoms with E-state index in [2.05, 4.69) is 21.9 Å². The van der Waals surface area contributed by atoms with E-state index in [0.29, 0.717) is 23.9 Å². The molecule has 1 N–H and O–H groups in total. The van der Waals surface area contributed by atoms with Crippen molar-refractivity contribution in [1.29, 1.82) is 0 Å². The summed E-state index contributed by atoms with van der Waals surface area (Å²) >= 11 is 0. The van der Waals surface area contributed by atoms with Gasteiger partial charge in [-0.15, -0.1) is 0 Å². The molecule has 32 heavy (non-hydrogen) atoms. The fraction of sp³-hybridized carbons (Fsp3) is 0.520. The number of halogens is 1. The van der Waals surface area contributed by atoms with Gasteiger partial charge in [0.15, 0.2) is 11.5 Å². The number of methoxy groups -OCH3 is 1. The van der Waals surface area contributed by atoms with Gasteiger partial charge in [-0.3, -0.25) is 9.80 Å². The largest absolute Gasteiger partial charge is 0.497 e. The summed E-state index contributed by atoms with van der Waals surface area (Å²) < 4.78 is 30.6. The van der Waals surface area contributed by atoms with E-state index in [-0.39, 0.29) is 24.6 Å². The van der Waals surface area contributed by atoms with Crippen LogP contribution in [0.4, 0.5) is 4.39 Å². The van der Waals surface area contributed by atoms with Gasteiger partial charge in [0.25, 0.3) is 0 Å². The van der Waals surface area contributed by atoms with Crippen molar-refractivity contribution in [2.24, 2.45) is 0 Å². The fourth-order valence-electron chi connectivity index (χ4n) is 5.36. The number of benzene rings is 2. The first-order valence-corrected chi connectivity index (χ1v) is 11.5. The second kappa shape index (κ2) is 9.25. The van der Waals surface area contributed by atoms with Crippen LogP contribution in [0.25, 0.3) is 0 Å². The van der Waals surface area contributed by atoms with Crippen molar-refractivity contribution in [3.05, 3.63) is 53.3 Å². The Hall–Kier alpha value is -2.35. The van der Waals surface area contributed by atoms with E-state index in [9.17, 15) is 9.50 Å². The normalized spacial score (nSPS) is 26.3. The smallest absolute Gasteiger partial charge is 0.231 e. The van der Waals surface area contributed by atoms with Crippen molar-refractivity contribution in [3.63, 3.8) is 0 Å². The third-order valence-electron chi connectivity index (χ3n) is 7.13. The van der Waals surface area contributed by atoms with Crippen LogP contribution in [-0.4, -0.2) is 67.1 Å². The van der Waals surface area contributed by atoms with E-state index in [0.717, 1.165) is 56.9 Å². The summed E-state index contributed by atoms with van der Waals surface area (Å²) in [6.45, 7) is 4.52. The number of fused-ring (bicyclic) bond motifs is 1. The number of aliphatic hydroxyl groups excluding tert-OH is 1. The molecular weight excluding hydrogens is 411 g/mol. The average molecular weight is 443 g/mol. The van der Waals surface area contributed by atoms with Gasteiger partial charge in [0.1, 0.15) is 11.6 Å². The summed E-state index contributed by atoms with van der Waals surface area (Å²) in [7, 11) is 1.60. The molecule has 1 aliphatic carbocycles. The summed E-state index contributed by atoms with van der Waals surface area (Å²) in [5.41, 5.74) is 1.88. The predicted molar refractivity (Wildman–Crippen MR) is 119 cm³/mol. The minimum atomic E-state index is -0.265. The van der Waals surface area contributed by atoms with Gasteiger partial charge < -0.3 is 19.3 Å². The molecule has 2 heterocycles. The molecule has 3 aliphatic rings. The van der Waals surface area contributed by atoms with Crippen LogP contribution < -0.4 is 14.2 Å². The van der Waals surface area contributed by atoms with Crippen molar-refractivity contribution in [2.75, 3.05) is 40.1 Å². The molecule has 0 aromatic heterocycles. The zero-order valence-corrected chi connectivity index (χ0v) is 18.5. The minimum absolute atomic E-state index is 0.183. The summed E-state index contributed by atoms with van der Waals surface area (Å²) in [6.07, 6.45) is 2.31. The number of nitrogens with zero attached hydrogens (tertiary/aromatic N) is 2. The lowest BCUT2D eigenvalue weighted by Gasteiger charge is -2.45. The molecule has 7 heteroatoms. The zero-order valence-electron chi connectivity index (χ0n) is 18.5. The Kier molecular flexibility index (Phi) is 6.22. The average Bonchev–Trinajstić information content (AvgIpc) is 3.29. The first kappa shape index (κ1) is 21.5. The van der Waals surface area contributed by atoms with Gasteiger partial charge in [-0.05, 0) is 55.2 Å². The fourth-order valence-corrected chi connectivity index (χ4v) is 5.36. The Morgan fingerprint density at radius 1 is 1.03 bits per heavy atom. The number of rotatable bonds is 5. The van der Waals surface area contributed by atoms with E-state index in [1.54, 1.807) is 19.2 Å². The SMILES string of the molecule is COc1ccc(F)c(CN2CCN(C3CCC(O)CC3c3ccc4c(c3)OCO4)CC2)c1. The molecule has 5 rings (SSSR count). The Bertz CT molecular complexity index is 948. The van der Waals surface area contributed by atoms with E-state index in [1.807, 2.05) is 6.07 Å². The molecule has 2 aromatic carbocycles. The van der Waals surface area contributed by atoms with Crippen LogP contribution in [0, 0.1) is 5.82 Å². The third-order valence-corrected chi connectivity index (χ3v) is 7.13. The first-order valence-electron chi connectivity index (χ1n) is 11.5. The van der Waals surface area contributed by atoms with Crippen LogP contribution in [-0.2, 0) is 6.54 Å². The highest BCUT2D eigenvalue weighted by molar-refractivity contribution is 5.46. The Labute approximate surface area is 188 Å². The predicted octanol–water partition coefficient (Wildman–Crippen LogP) is 3.38. The second-order valence-electron chi connectivity index (χ2n) is 9.02. The topological polar surface area (TPSA) is 54.4 Å². The Morgan fingerprint density at radius 2 is 1.84 bits per heavy atom. The molecule has 6 nitrogen and oxygen atoms in total. The highest BCUT2D eigenvalue weighted by Crippen LogP contribution is 2.41. The molecule has 1 saturated heterocycles. The lowest BCUT2D eigenvalue weighted by molar-refractivity contribution is 0.0287. The lowest BCUT2D eigenvalue weighted by atomic mass is 9.77. The number of piperazine rings is 1. The van der Waals surface area contributed by atoms with Gasteiger partial charge in [-0.1, -0.05) is 6.07 Å². The van der Waals surface area contributed by atoms with Gasteiger partial charge in [0, 0.05) is 50.2 Å². The van der Waals surface area contributed by atoms with Crippen molar-refractivity contribution >= 4 is 0 Å². The highest BCUT2D eigenvalue weighted by Gasteiger charge is 2.36. The molecule has 1 saturated carbocycles. The highest BCUT2D eigenvalue weighted by atomic mass is 19.1. The van der Waals surface area contributed by atoms with Crippen LogP contribution >= 0.6 is 0 Å². The van der Waals surface area contributed by atoms with Crippen molar-refractivity contribution in [1.82, 2.24) is 9.80 Å². The van der Waals surface area contributed by atoms with Gasteiger partial charge in [0.05, 0.1) is 13.2 Å². The lowest BCUT2D eigenvalue weighted by Crippen LogP contribution is -2.53. The summed E-state index contributed by atoms with van der Waals surface area (Å²) in [6, 6.07) is 11.5. The standard InChI is InChI=1S/C25H31FN2O4/c1-30-20-4-5-22(26)18(12-20)15-27-8-10-28(11-9-27)23-6-3-19(29)14-21(23)17-2-7-24-25(13-17)32-16-31-24/h2,4-5,7,12-13,19,21,23,29H,3,6,8-11,14-16H2,1H3. The summed E-state index contributed by atoms with van der Waals surface area (Å²) in [5, 5.41) is 10.4. The van der Waals surface area contributed by atoms with Gasteiger partial charge in [-0.2, -0.15) is 0 Å². The molecule has 2 fully saturated rings. The van der Waals surface area contributed by atoms with Crippen molar-refractivity contribution < 1.29 is 23.7 Å². The number of aliphatic hydroxyl groups is 1. The first-order chi connectivity index (χ1) is 15.6. The molecule has 0 bridgehead atoms.